The monoisotopic (exact) mass is 406 g/mol. The van der Waals surface area contributed by atoms with E-state index in [4.69, 9.17) is 21.6 Å². The molecule has 0 radical (unpaired) electrons. The maximum atomic E-state index is 12.6. The van der Waals surface area contributed by atoms with Crippen LogP contribution in [0.5, 0.6) is 5.75 Å². The van der Waals surface area contributed by atoms with Gasteiger partial charge in [0.15, 0.2) is 16.4 Å². The Hall–Kier alpha value is -2.30. The van der Waals surface area contributed by atoms with Crippen LogP contribution >= 0.6 is 11.6 Å². The van der Waals surface area contributed by atoms with E-state index < -0.39 is 9.84 Å². The van der Waals surface area contributed by atoms with E-state index in [1.165, 1.54) is 6.07 Å². The summed E-state index contributed by atoms with van der Waals surface area (Å²) in [5, 5.41) is 9.12. The first-order valence-electron chi connectivity index (χ1n) is 8.46. The van der Waals surface area contributed by atoms with Crippen LogP contribution in [0.2, 0.25) is 5.02 Å². The van der Waals surface area contributed by atoms with Crippen LogP contribution in [0.15, 0.2) is 24.3 Å². The van der Waals surface area contributed by atoms with Gasteiger partial charge in [-0.25, -0.2) is 8.42 Å². The van der Waals surface area contributed by atoms with Crippen molar-refractivity contribution >= 4 is 27.2 Å². The fourth-order valence-corrected chi connectivity index (χ4v) is 5.44. The Morgan fingerprint density at radius 2 is 2.11 bits per heavy atom. The number of benzene rings is 1. The van der Waals surface area contributed by atoms with Crippen LogP contribution in [0.1, 0.15) is 39.8 Å². The fraction of sp³-hybridized carbons (Fsp3) is 0.368. The molecule has 2 heterocycles. The molecule has 2 aromatic rings. The van der Waals surface area contributed by atoms with E-state index in [9.17, 15) is 13.2 Å². The van der Waals surface area contributed by atoms with Crippen molar-refractivity contribution in [1.29, 1.82) is 5.26 Å². The normalized spacial score (nSPS) is 18.2. The summed E-state index contributed by atoms with van der Waals surface area (Å²) in [4.78, 5) is 12.6. The SMILES string of the molecule is Cc1cc(C(=O)COc2ccc(C#N)cc2Cl)c(C)n1[C@@H]1CCS(=O)(=O)C1. The molecule has 1 atom stereocenters. The molecule has 0 unspecified atom stereocenters. The van der Waals surface area contributed by atoms with E-state index >= 15 is 0 Å². The molecule has 27 heavy (non-hydrogen) atoms. The Morgan fingerprint density at radius 1 is 1.37 bits per heavy atom. The average molecular weight is 407 g/mol. The zero-order chi connectivity index (χ0) is 19.8. The minimum atomic E-state index is -3.01. The van der Waals surface area contributed by atoms with Gasteiger partial charge in [-0.2, -0.15) is 5.26 Å². The summed E-state index contributed by atoms with van der Waals surface area (Å²) in [5.41, 5.74) is 2.53. The number of aromatic nitrogens is 1. The van der Waals surface area contributed by atoms with E-state index in [-0.39, 0.29) is 35.0 Å². The summed E-state index contributed by atoms with van der Waals surface area (Å²) in [6, 6.07) is 8.22. The number of hydrogen-bond acceptors (Lipinski definition) is 5. The molecule has 1 aliphatic heterocycles. The second-order valence-electron chi connectivity index (χ2n) is 6.68. The molecule has 0 aliphatic carbocycles. The molecule has 3 rings (SSSR count). The summed E-state index contributed by atoms with van der Waals surface area (Å²) in [5.74, 6) is 0.405. The van der Waals surface area contributed by atoms with E-state index in [2.05, 4.69) is 0 Å². The highest BCUT2D eigenvalue weighted by molar-refractivity contribution is 7.91. The van der Waals surface area contributed by atoms with Gasteiger partial charge < -0.3 is 9.30 Å². The fourth-order valence-electron chi connectivity index (χ4n) is 3.51. The first-order chi connectivity index (χ1) is 12.7. The van der Waals surface area contributed by atoms with Crippen LogP contribution < -0.4 is 4.74 Å². The molecule has 1 fully saturated rings. The second kappa shape index (κ2) is 7.37. The molecule has 0 saturated carbocycles. The number of aryl methyl sites for hydroxylation is 1. The number of rotatable bonds is 5. The van der Waals surface area contributed by atoms with Crippen LogP contribution in [0.4, 0.5) is 0 Å². The molecular formula is C19H19ClN2O4S. The molecule has 142 valence electrons. The summed E-state index contributed by atoms with van der Waals surface area (Å²) in [6.07, 6.45) is 0.559. The third-order valence-corrected chi connectivity index (χ3v) is 6.82. The van der Waals surface area contributed by atoms with Gasteiger partial charge in [-0.15, -0.1) is 0 Å². The number of nitriles is 1. The number of sulfone groups is 1. The summed E-state index contributed by atoms with van der Waals surface area (Å²) >= 11 is 6.06. The van der Waals surface area contributed by atoms with Gasteiger partial charge in [-0.3, -0.25) is 4.79 Å². The molecule has 1 saturated heterocycles. The molecule has 0 bridgehead atoms. The Bertz CT molecular complexity index is 1050. The van der Waals surface area contributed by atoms with Crippen molar-refractivity contribution in [2.75, 3.05) is 18.1 Å². The molecule has 1 aliphatic rings. The van der Waals surface area contributed by atoms with Gasteiger partial charge in [0.05, 0.1) is 28.2 Å². The number of halogens is 1. The Morgan fingerprint density at radius 3 is 2.70 bits per heavy atom. The van der Waals surface area contributed by atoms with Crippen molar-refractivity contribution in [2.24, 2.45) is 0 Å². The van der Waals surface area contributed by atoms with Gasteiger partial charge in [0.25, 0.3) is 0 Å². The molecule has 8 heteroatoms. The van der Waals surface area contributed by atoms with Gasteiger partial charge in [0.2, 0.25) is 5.78 Å². The van der Waals surface area contributed by atoms with Gasteiger partial charge in [-0.05, 0) is 44.5 Å². The predicted octanol–water partition coefficient (Wildman–Crippen LogP) is 3.25. The largest absolute Gasteiger partial charge is 0.484 e. The summed E-state index contributed by atoms with van der Waals surface area (Å²) in [7, 11) is -3.01. The van der Waals surface area contributed by atoms with Crippen LogP contribution in [0, 0.1) is 25.2 Å². The minimum absolute atomic E-state index is 0.105. The lowest BCUT2D eigenvalue weighted by molar-refractivity contribution is 0.0921. The highest BCUT2D eigenvalue weighted by Gasteiger charge is 2.31. The molecular weight excluding hydrogens is 388 g/mol. The zero-order valence-corrected chi connectivity index (χ0v) is 16.6. The number of Topliss-reactive ketones (excluding diaryl/α,β-unsaturated/α-hetero) is 1. The number of ketones is 1. The van der Waals surface area contributed by atoms with Crippen molar-refractivity contribution in [3.8, 4) is 11.8 Å². The van der Waals surface area contributed by atoms with Gasteiger partial charge >= 0.3 is 0 Å². The zero-order valence-electron chi connectivity index (χ0n) is 15.0. The molecule has 0 spiro atoms. The quantitative estimate of drug-likeness (QED) is 0.711. The van der Waals surface area contributed by atoms with Gasteiger partial charge in [0.1, 0.15) is 5.75 Å². The van der Waals surface area contributed by atoms with Crippen LogP contribution in [0.3, 0.4) is 0 Å². The maximum Gasteiger partial charge on any atom is 0.202 e. The van der Waals surface area contributed by atoms with Gasteiger partial charge in [-0.1, -0.05) is 11.6 Å². The molecule has 1 aromatic carbocycles. The number of carbonyl (C=O) groups excluding carboxylic acids is 1. The number of hydrogen-bond donors (Lipinski definition) is 0. The van der Waals surface area contributed by atoms with Crippen molar-refractivity contribution in [2.45, 2.75) is 26.3 Å². The molecule has 6 nitrogen and oxygen atoms in total. The first-order valence-corrected chi connectivity index (χ1v) is 10.7. The third-order valence-electron chi connectivity index (χ3n) is 4.78. The maximum absolute atomic E-state index is 12.6. The highest BCUT2D eigenvalue weighted by Crippen LogP contribution is 2.30. The lowest BCUT2D eigenvalue weighted by atomic mass is 10.1. The standard InChI is InChI=1S/C19H19ClN2O4S/c1-12-7-16(13(2)22(12)15-5-6-27(24,25)11-15)18(23)10-26-19-4-3-14(9-21)8-17(19)20/h3-4,7-8,15H,5-6,10-11H2,1-2H3/t15-/m1/s1. The first kappa shape index (κ1) is 19.5. The van der Waals surface area contributed by atoms with Crippen molar-refractivity contribution < 1.29 is 17.9 Å². The highest BCUT2D eigenvalue weighted by atomic mass is 35.5. The van der Waals surface area contributed by atoms with Crippen molar-refractivity contribution in [1.82, 2.24) is 4.57 Å². The molecule has 1 aromatic heterocycles. The Labute approximate surface area is 163 Å². The van der Waals surface area contributed by atoms with Crippen LogP contribution in [-0.2, 0) is 9.84 Å². The van der Waals surface area contributed by atoms with E-state index in [0.717, 1.165) is 11.4 Å². The Balaban J connectivity index is 1.76. The smallest absolute Gasteiger partial charge is 0.202 e. The van der Waals surface area contributed by atoms with Crippen LogP contribution in [-0.4, -0.2) is 36.9 Å². The van der Waals surface area contributed by atoms with E-state index in [1.54, 1.807) is 18.2 Å². The van der Waals surface area contributed by atoms with Gasteiger partial charge in [0, 0.05) is 23.0 Å². The second-order valence-corrected chi connectivity index (χ2v) is 9.32. The van der Waals surface area contributed by atoms with E-state index in [1.807, 2.05) is 24.5 Å². The third kappa shape index (κ3) is 4.02. The predicted molar refractivity (Wildman–Crippen MR) is 102 cm³/mol. The topological polar surface area (TPSA) is 89.2 Å². The number of ether oxygens (including phenoxy) is 1. The summed E-state index contributed by atoms with van der Waals surface area (Å²) < 4.78 is 31.0. The molecule has 0 N–H and O–H groups in total. The van der Waals surface area contributed by atoms with Crippen LogP contribution in [0.25, 0.3) is 0 Å². The lowest BCUT2D eigenvalue weighted by Gasteiger charge is -2.16. The summed E-state index contributed by atoms with van der Waals surface area (Å²) in [6.45, 7) is 3.49. The van der Waals surface area contributed by atoms with Crippen molar-refractivity contribution in [3.63, 3.8) is 0 Å². The number of carbonyl (C=O) groups is 1. The van der Waals surface area contributed by atoms with E-state index in [0.29, 0.717) is 23.3 Å². The minimum Gasteiger partial charge on any atom is -0.484 e. The lowest BCUT2D eigenvalue weighted by Crippen LogP contribution is -2.16. The Kier molecular flexibility index (Phi) is 5.31. The number of nitrogens with zero attached hydrogens (tertiary/aromatic N) is 2. The van der Waals surface area contributed by atoms with Crippen molar-refractivity contribution in [3.05, 3.63) is 51.8 Å². The molecule has 0 amide bonds. The average Bonchev–Trinajstić information content (AvgIpc) is 3.11.